The number of ketones is 1. The molecule has 36 heteroatoms. The largest absolute Gasteiger partial charge is 0.463 e. The quantitative estimate of drug-likeness (QED) is 0.0243. The summed E-state index contributed by atoms with van der Waals surface area (Å²) in [6.45, 7) is 20.1. The summed E-state index contributed by atoms with van der Waals surface area (Å²) in [5, 5.41) is 17.1. The Labute approximate surface area is 717 Å². The normalized spacial score (nSPS) is 22.9. The van der Waals surface area contributed by atoms with Gasteiger partial charge >= 0.3 is 41.8 Å². The van der Waals surface area contributed by atoms with Crippen LogP contribution in [0.25, 0.3) is 0 Å². The van der Waals surface area contributed by atoms with E-state index in [2.05, 4.69) is 31.9 Å². The first kappa shape index (κ1) is 106. The molecule has 3 saturated heterocycles. The van der Waals surface area contributed by atoms with Gasteiger partial charge in [0.2, 0.25) is 35.4 Å². The number of benzene rings is 1. The molecule has 692 valence electrons. The number of hydrogen-bond donors (Lipinski definition) is 6. The molecular weight excluding hydrogens is 1600 g/mol. The summed E-state index contributed by atoms with van der Waals surface area (Å²) < 4.78 is 92.4. The van der Waals surface area contributed by atoms with Gasteiger partial charge in [-0.25, -0.2) is 0 Å². The van der Waals surface area contributed by atoms with E-state index in [-0.39, 0.29) is 241 Å². The van der Waals surface area contributed by atoms with Crippen molar-refractivity contribution in [2.75, 3.05) is 112 Å². The van der Waals surface area contributed by atoms with Crippen LogP contribution in [0.2, 0.25) is 0 Å². The van der Waals surface area contributed by atoms with Crippen LogP contribution in [0.15, 0.2) is 30.3 Å². The smallest absolute Gasteiger partial charge is 0.306 e. The first-order valence-corrected chi connectivity index (χ1v) is 43.1. The van der Waals surface area contributed by atoms with Crippen molar-refractivity contribution in [1.29, 1.82) is 0 Å². The molecule has 0 radical (unpaired) electrons. The number of rotatable bonds is 62. The van der Waals surface area contributed by atoms with E-state index in [0.717, 1.165) is 5.56 Å². The molecule has 4 rings (SSSR count). The predicted molar refractivity (Wildman–Crippen MR) is 437 cm³/mol. The van der Waals surface area contributed by atoms with E-state index in [1.165, 1.54) is 41.5 Å². The van der Waals surface area contributed by atoms with Gasteiger partial charge in [-0.1, -0.05) is 71.9 Å². The number of carbonyl (C=O) groups excluding carboxylic acids is 14. The Balaban J connectivity index is 1.30. The Morgan fingerprint density at radius 3 is 0.992 bits per heavy atom. The third-order valence-electron chi connectivity index (χ3n) is 21.3. The minimum Gasteiger partial charge on any atom is -0.463 e. The highest BCUT2D eigenvalue weighted by atomic mass is 16.7. The summed E-state index contributed by atoms with van der Waals surface area (Å²) in [5.74, 6) is -6.13. The van der Waals surface area contributed by atoms with E-state index in [4.69, 9.17) is 75.8 Å². The maximum Gasteiger partial charge on any atom is 0.306 e. The topological polar surface area (TPSA) is 459 Å². The summed E-state index contributed by atoms with van der Waals surface area (Å²) in [6, 6.07) is 9.10. The molecule has 36 nitrogen and oxygen atoms in total. The number of carbonyl (C=O) groups is 14. The van der Waals surface area contributed by atoms with Gasteiger partial charge in [-0.3, -0.25) is 67.1 Å². The van der Waals surface area contributed by atoms with E-state index in [1.807, 2.05) is 71.9 Å². The van der Waals surface area contributed by atoms with Gasteiger partial charge in [0, 0.05) is 170 Å². The average molecular weight is 1740 g/mol. The molecule has 0 aromatic heterocycles. The summed E-state index contributed by atoms with van der Waals surface area (Å²) >= 11 is 0. The molecule has 15 atom stereocenters. The standard InChI is InChI=1S/C86H138N6O30/c1-56-59(4)80(117-65(10)96)83(120-70(56)50-113-62(7)93)110-43-21-17-30-69(99)29-16-20-38-87-75(102)35-46-107-53-86(92-78(105)33-24-34-79(106)116-49-68-27-14-13-15-28-68,54-108-47-36-76(103)90-41-25-39-88-73(100)31-18-22-44-111-84-81(118-66(11)97)60(5)57(2)71(121-84)51-114-63(8)94)55-109-48-37-77(104)91-42-26-40-89-74(101)32-19-23-45-112-85-82(119-67(12)98)61(6)58(3)72(122-85)52-115-64(9)95/h13-15,27-28,56-61,70-72,80-85H,16-26,29-55H2,1-12H3,(H,87,102)(H,88,100)(H,89,101)(H,90,103)(H,91,104)(H,92,105)/t56-,57-,58-,59-,60-,61-,70?,71?,72?,80?,81?,82?,83-,84-,85-,86?/m0/s1. The van der Waals surface area contributed by atoms with Gasteiger partial charge in [-0.05, 0) is 93.9 Å². The zero-order valence-electron chi connectivity index (χ0n) is 73.7. The second kappa shape index (κ2) is 60.3. The zero-order chi connectivity index (χ0) is 89.8. The number of unbranched alkanes of at least 4 members (excludes halogenated alkanes) is 4. The molecule has 6 unspecified atom stereocenters. The summed E-state index contributed by atoms with van der Waals surface area (Å²) in [7, 11) is 0. The second-order valence-corrected chi connectivity index (χ2v) is 31.6. The number of Topliss-reactive ketones (excluding diaryl/α,β-unsaturated/α-hetero) is 1. The third kappa shape index (κ3) is 44.8. The van der Waals surface area contributed by atoms with Crippen molar-refractivity contribution in [3.8, 4) is 0 Å². The highest BCUT2D eigenvalue weighted by Gasteiger charge is 2.48. The average Bonchev–Trinajstić information content (AvgIpc) is 0.811. The minimum absolute atomic E-state index is 0.0180. The van der Waals surface area contributed by atoms with Crippen molar-refractivity contribution in [2.45, 2.75) is 279 Å². The molecule has 3 aliphatic heterocycles. The van der Waals surface area contributed by atoms with Crippen molar-refractivity contribution in [3.05, 3.63) is 35.9 Å². The molecule has 3 aliphatic rings. The molecule has 0 bridgehead atoms. The Morgan fingerprint density at radius 2 is 0.648 bits per heavy atom. The van der Waals surface area contributed by atoms with Gasteiger partial charge in [0.1, 0.15) is 37.7 Å². The maximum absolute atomic E-state index is 14.0. The van der Waals surface area contributed by atoms with E-state index in [9.17, 15) is 67.1 Å². The molecule has 1 aromatic carbocycles. The maximum atomic E-state index is 14.0. The molecule has 3 fully saturated rings. The van der Waals surface area contributed by atoms with Crippen molar-refractivity contribution in [2.24, 2.45) is 35.5 Å². The SMILES string of the molecule is CC(=O)OCC1O[C@H](OCCCCC(=O)CCCCNC(=O)CCOCC(COCCC(=O)NCCCNC(=O)CCCCO[C@H]2OC(COC(C)=O)[C@@H](C)[C@H](C)C2OC(C)=O)(COCCC(=O)NCCCNC(=O)CCCCO[C@H]2OC(COC(C)=O)[C@@H](C)[C@H](C)C2OC(C)=O)NC(=O)CCCC(=O)OCc2ccccc2)C(OC(C)=O)[C@@H](C)[C@@H]1C. The molecule has 0 saturated carbocycles. The molecule has 0 spiro atoms. The third-order valence-corrected chi connectivity index (χ3v) is 21.3. The number of nitrogens with one attached hydrogen (secondary N) is 6. The Bertz CT molecular complexity index is 3070. The molecule has 122 heavy (non-hydrogen) atoms. The van der Waals surface area contributed by atoms with Gasteiger partial charge in [0.25, 0.3) is 0 Å². The van der Waals surface area contributed by atoms with Crippen LogP contribution in [-0.4, -0.2) is 256 Å². The highest BCUT2D eigenvalue weighted by Crippen LogP contribution is 2.37. The Kier molecular flexibility index (Phi) is 52.3. The van der Waals surface area contributed by atoms with Crippen LogP contribution in [-0.2, 0) is 150 Å². The number of esters is 7. The van der Waals surface area contributed by atoms with Crippen LogP contribution in [0.5, 0.6) is 0 Å². The molecule has 0 aliphatic carbocycles. The fourth-order valence-corrected chi connectivity index (χ4v) is 13.6. The van der Waals surface area contributed by atoms with E-state index >= 15 is 0 Å². The molecule has 6 amide bonds. The van der Waals surface area contributed by atoms with Crippen LogP contribution in [0.1, 0.15) is 217 Å². The van der Waals surface area contributed by atoms with Gasteiger partial charge in [0.15, 0.2) is 37.2 Å². The van der Waals surface area contributed by atoms with Crippen LogP contribution in [0.4, 0.5) is 0 Å². The molecule has 1 aromatic rings. The fourth-order valence-electron chi connectivity index (χ4n) is 13.6. The van der Waals surface area contributed by atoms with Gasteiger partial charge in [-0.2, -0.15) is 0 Å². The lowest BCUT2D eigenvalue weighted by atomic mass is 9.83. The lowest BCUT2D eigenvalue weighted by Crippen LogP contribution is -2.58. The Hall–Kier alpha value is -8.36. The van der Waals surface area contributed by atoms with Gasteiger partial charge in [0.05, 0.1) is 58.0 Å². The van der Waals surface area contributed by atoms with Crippen LogP contribution < -0.4 is 31.9 Å². The van der Waals surface area contributed by atoms with Crippen LogP contribution in [0.3, 0.4) is 0 Å². The number of hydrogen-bond acceptors (Lipinski definition) is 30. The number of ether oxygens (including phenoxy) is 16. The molecule has 3 heterocycles. The fraction of sp³-hybridized carbons (Fsp3) is 0.767. The Morgan fingerprint density at radius 1 is 0.328 bits per heavy atom. The van der Waals surface area contributed by atoms with Crippen molar-refractivity contribution in [3.63, 3.8) is 0 Å². The van der Waals surface area contributed by atoms with Crippen LogP contribution in [0, 0.1) is 35.5 Å². The van der Waals surface area contributed by atoms with Crippen molar-refractivity contribution >= 4 is 83.0 Å². The zero-order valence-corrected chi connectivity index (χ0v) is 73.7. The van der Waals surface area contributed by atoms with E-state index < -0.39 is 109 Å². The summed E-state index contributed by atoms with van der Waals surface area (Å²) in [6.07, 6.45) is -0.825. The minimum atomic E-state index is -1.49. The predicted octanol–water partition coefficient (Wildman–Crippen LogP) is 6.11. The summed E-state index contributed by atoms with van der Waals surface area (Å²) in [4.78, 5) is 175. The van der Waals surface area contributed by atoms with Crippen molar-refractivity contribution < 1.29 is 143 Å². The first-order chi connectivity index (χ1) is 58.3. The van der Waals surface area contributed by atoms with Gasteiger partial charge in [-0.15, -0.1) is 0 Å². The van der Waals surface area contributed by atoms with E-state index in [1.54, 1.807) is 0 Å². The lowest BCUT2D eigenvalue weighted by Gasteiger charge is -2.43. The molecule has 6 N–H and O–H groups in total. The van der Waals surface area contributed by atoms with E-state index in [0.29, 0.717) is 77.0 Å². The number of amides is 6. The highest BCUT2D eigenvalue weighted by molar-refractivity contribution is 5.80. The van der Waals surface area contributed by atoms with Crippen molar-refractivity contribution in [1.82, 2.24) is 31.9 Å². The lowest BCUT2D eigenvalue weighted by molar-refractivity contribution is -0.280. The second-order valence-electron chi connectivity index (χ2n) is 31.6. The first-order valence-electron chi connectivity index (χ1n) is 43.1. The monoisotopic (exact) mass is 1730 g/mol. The molecular formula is C86H138N6O30. The van der Waals surface area contributed by atoms with Gasteiger partial charge < -0.3 is 108 Å². The summed E-state index contributed by atoms with van der Waals surface area (Å²) in [5.41, 5.74) is -0.703. The van der Waals surface area contributed by atoms with Crippen LogP contribution >= 0.6 is 0 Å².